The molecule has 128 valence electrons. The van der Waals surface area contributed by atoms with Crippen molar-refractivity contribution in [2.24, 2.45) is 0 Å². The molecule has 25 heavy (non-hydrogen) atoms. The molecule has 0 saturated heterocycles. The van der Waals surface area contributed by atoms with E-state index in [1.165, 1.54) is 6.20 Å². The molecule has 4 rings (SSSR count). The van der Waals surface area contributed by atoms with E-state index in [1.54, 1.807) is 12.3 Å². The van der Waals surface area contributed by atoms with Crippen molar-refractivity contribution in [1.82, 2.24) is 15.2 Å². The maximum absolute atomic E-state index is 12.6. The van der Waals surface area contributed by atoms with Crippen molar-refractivity contribution in [2.45, 2.75) is 26.4 Å². The summed E-state index contributed by atoms with van der Waals surface area (Å²) in [5, 5.41) is 10.4. The molecule has 7 nitrogen and oxygen atoms in total. The summed E-state index contributed by atoms with van der Waals surface area (Å²) in [5.74, 6) is 1.17. The van der Waals surface area contributed by atoms with Gasteiger partial charge in [-0.1, -0.05) is 0 Å². The highest BCUT2D eigenvalue weighted by molar-refractivity contribution is 6.06. The first-order valence-corrected chi connectivity index (χ1v) is 8.21. The van der Waals surface area contributed by atoms with Gasteiger partial charge in [0.2, 0.25) is 0 Å². The fourth-order valence-electron chi connectivity index (χ4n) is 2.97. The van der Waals surface area contributed by atoms with Gasteiger partial charge in [-0.05, 0) is 26.0 Å². The van der Waals surface area contributed by atoms with Crippen LogP contribution in [0.4, 0.5) is 5.69 Å². The van der Waals surface area contributed by atoms with Crippen LogP contribution in [0.15, 0.2) is 30.6 Å². The minimum atomic E-state index is -0.262. The molecule has 0 saturated carbocycles. The van der Waals surface area contributed by atoms with E-state index < -0.39 is 0 Å². The predicted molar refractivity (Wildman–Crippen MR) is 93.2 cm³/mol. The van der Waals surface area contributed by atoms with Crippen molar-refractivity contribution in [1.29, 1.82) is 0 Å². The van der Waals surface area contributed by atoms with Gasteiger partial charge in [-0.25, -0.2) is 4.98 Å². The van der Waals surface area contributed by atoms with Crippen molar-refractivity contribution in [3.63, 3.8) is 0 Å². The number of carbonyl (C=O) groups is 1. The summed E-state index contributed by atoms with van der Waals surface area (Å²) < 4.78 is 11.5. The number of hydrogen-bond donors (Lipinski definition) is 2. The number of ether oxygens (including phenoxy) is 2. The van der Waals surface area contributed by atoms with Crippen LogP contribution in [0.5, 0.6) is 11.5 Å². The number of rotatable bonds is 4. The van der Waals surface area contributed by atoms with Gasteiger partial charge in [0.25, 0.3) is 5.91 Å². The van der Waals surface area contributed by atoms with E-state index in [0.29, 0.717) is 29.3 Å². The third-order valence-electron chi connectivity index (χ3n) is 4.10. The Morgan fingerprint density at radius 1 is 1.40 bits per heavy atom. The Labute approximate surface area is 144 Å². The molecule has 3 heterocycles. The number of anilines is 1. The monoisotopic (exact) mass is 338 g/mol. The highest BCUT2D eigenvalue weighted by Crippen LogP contribution is 2.38. The lowest BCUT2D eigenvalue weighted by atomic mass is 10.1. The Morgan fingerprint density at radius 2 is 2.28 bits per heavy atom. The Balaban J connectivity index is 1.64. The highest BCUT2D eigenvalue weighted by atomic mass is 16.5. The van der Waals surface area contributed by atoms with Crippen LogP contribution in [-0.2, 0) is 6.42 Å². The Hall–Kier alpha value is -3.09. The number of pyridine rings is 1. The van der Waals surface area contributed by atoms with Crippen molar-refractivity contribution >= 4 is 22.6 Å². The van der Waals surface area contributed by atoms with Crippen molar-refractivity contribution in [3.8, 4) is 11.5 Å². The van der Waals surface area contributed by atoms with Crippen LogP contribution in [0.2, 0.25) is 0 Å². The smallest absolute Gasteiger partial charge is 0.257 e. The fraction of sp³-hybridized carbons (Fsp3) is 0.278. The molecule has 0 spiro atoms. The third kappa shape index (κ3) is 2.88. The van der Waals surface area contributed by atoms with E-state index in [0.717, 1.165) is 23.1 Å². The lowest BCUT2D eigenvalue weighted by Gasteiger charge is -2.13. The third-order valence-corrected chi connectivity index (χ3v) is 4.10. The molecule has 2 aromatic heterocycles. The summed E-state index contributed by atoms with van der Waals surface area (Å²) in [7, 11) is 0. The molecule has 1 atom stereocenters. The first kappa shape index (κ1) is 15.4. The van der Waals surface area contributed by atoms with Crippen LogP contribution in [0.1, 0.15) is 29.8 Å². The van der Waals surface area contributed by atoms with Crippen LogP contribution < -0.4 is 14.8 Å². The maximum atomic E-state index is 12.6. The lowest BCUT2D eigenvalue weighted by Crippen LogP contribution is -2.13. The molecule has 0 bridgehead atoms. The number of aromatic nitrogens is 3. The standard InChI is InChI=1S/C18H18N4O3/c1-3-24-16-6-11-4-10(2)25-15(11)7-14(16)21-18(23)13-5-12-9-20-22-17(12)19-8-13/h5-10H,3-4H2,1-2H3,(H,21,23)(H,19,20,22). The summed E-state index contributed by atoms with van der Waals surface area (Å²) in [6, 6.07) is 5.51. The number of hydrogen-bond acceptors (Lipinski definition) is 5. The van der Waals surface area contributed by atoms with E-state index in [2.05, 4.69) is 20.5 Å². The van der Waals surface area contributed by atoms with Gasteiger partial charge < -0.3 is 14.8 Å². The summed E-state index contributed by atoms with van der Waals surface area (Å²) in [4.78, 5) is 16.8. The minimum absolute atomic E-state index is 0.128. The van der Waals surface area contributed by atoms with Gasteiger partial charge in [-0.15, -0.1) is 0 Å². The molecule has 7 heteroatoms. The van der Waals surface area contributed by atoms with E-state index in [4.69, 9.17) is 9.47 Å². The second-order valence-corrected chi connectivity index (χ2v) is 6.01. The zero-order valence-corrected chi connectivity index (χ0v) is 14.0. The number of fused-ring (bicyclic) bond motifs is 2. The molecule has 0 fully saturated rings. The molecule has 3 aromatic rings. The average molecular weight is 338 g/mol. The highest BCUT2D eigenvalue weighted by Gasteiger charge is 2.23. The van der Waals surface area contributed by atoms with Gasteiger partial charge in [0.1, 0.15) is 17.6 Å². The molecular weight excluding hydrogens is 320 g/mol. The molecule has 2 N–H and O–H groups in total. The summed E-state index contributed by atoms with van der Waals surface area (Å²) in [6.45, 7) is 4.44. The molecular formula is C18H18N4O3. The number of H-pyrrole nitrogens is 1. The number of amides is 1. The summed E-state index contributed by atoms with van der Waals surface area (Å²) in [5.41, 5.74) is 2.78. The van der Waals surface area contributed by atoms with Crippen molar-refractivity contribution in [2.75, 3.05) is 11.9 Å². The van der Waals surface area contributed by atoms with Gasteiger partial charge in [0.15, 0.2) is 5.65 Å². The largest absolute Gasteiger partial charge is 0.492 e. The summed E-state index contributed by atoms with van der Waals surface area (Å²) >= 11 is 0. The van der Waals surface area contributed by atoms with Crippen molar-refractivity contribution in [3.05, 3.63) is 41.7 Å². The van der Waals surface area contributed by atoms with Gasteiger partial charge in [0.05, 0.1) is 24.1 Å². The average Bonchev–Trinajstić information content (AvgIpc) is 3.19. The van der Waals surface area contributed by atoms with Crippen molar-refractivity contribution < 1.29 is 14.3 Å². The number of aromatic amines is 1. The number of nitrogens with one attached hydrogen (secondary N) is 2. The first-order chi connectivity index (χ1) is 12.1. The Morgan fingerprint density at radius 3 is 3.12 bits per heavy atom. The number of benzene rings is 1. The molecule has 1 unspecified atom stereocenters. The van der Waals surface area contributed by atoms with Crippen LogP contribution in [0, 0.1) is 0 Å². The molecule has 0 radical (unpaired) electrons. The molecule has 1 aromatic carbocycles. The van der Waals surface area contributed by atoms with Crippen LogP contribution in [-0.4, -0.2) is 33.8 Å². The zero-order chi connectivity index (χ0) is 17.4. The number of carbonyl (C=O) groups excluding carboxylic acids is 1. The van der Waals surface area contributed by atoms with Gasteiger partial charge in [-0.2, -0.15) is 5.10 Å². The second kappa shape index (κ2) is 6.08. The Kier molecular flexibility index (Phi) is 3.76. The van der Waals surface area contributed by atoms with Crippen LogP contribution >= 0.6 is 0 Å². The fourth-order valence-corrected chi connectivity index (χ4v) is 2.97. The van der Waals surface area contributed by atoms with E-state index in [9.17, 15) is 4.79 Å². The first-order valence-electron chi connectivity index (χ1n) is 8.21. The van der Waals surface area contributed by atoms with E-state index >= 15 is 0 Å². The lowest BCUT2D eigenvalue weighted by molar-refractivity contribution is 0.102. The predicted octanol–water partition coefficient (Wildman–Crippen LogP) is 2.93. The zero-order valence-electron chi connectivity index (χ0n) is 14.0. The minimum Gasteiger partial charge on any atom is -0.492 e. The SMILES string of the molecule is CCOc1cc2c(cc1NC(=O)c1cnc3[nH]ncc3c1)OC(C)C2. The second-order valence-electron chi connectivity index (χ2n) is 6.01. The normalized spacial score (nSPS) is 15.7. The van der Waals surface area contributed by atoms with Crippen LogP contribution in [0.3, 0.4) is 0 Å². The quantitative estimate of drug-likeness (QED) is 0.763. The Bertz CT molecular complexity index is 951. The van der Waals surface area contributed by atoms with Gasteiger partial charge >= 0.3 is 0 Å². The number of nitrogens with zero attached hydrogens (tertiary/aromatic N) is 2. The summed E-state index contributed by atoms with van der Waals surface area (Å²) in [6.07, 6.45) is 4.12. The van der Waals surface area contributed by atoms with E-state index in [-0.39, 0.29) is 12.0 Å². The topological polar surface area (TPSA) is 89.1 Å². The molecule has 1 amide bonds. The molecule has 1 aliphatic rings. The molecule has 1 aliphatic heterocycles. The van der Waals surface area contributed by atoms with Gasteiger partial charge in [-0.3, -0.25) is 9.89 Å². The maximum Gasteiger partial charge on any atom is 0.257 e. The van der Waals surface area contributed by atoms with E-state index in [1.807, 2.05) is 26.0 Å². The van der Waals surface area contributed by atoms with Gasteiger partial charge in [0, 0.05) is 29.6 Å². The van der Waals surface area contributed by atoms with Crippen LogP contribution in [0.25, 0.3) is 11.0 Å². The molecule has 0 aliphatic carbocycles.